The Balaban J connectivity index is 2.29. The molecule has 2 heteroatoms. The predicted molar refractivity (Wildman–Crippen MR) is 65.0 cm³/mol. The van der Waals surface area contributed by atoms with Crippen molar-refractivity contribution in [1.82, 2.24) is 0 Å². The maximum atomic E-state index is 5.73. The monoisotopic (exact) mass is 260 g/mol. The van der Waals surface area contributed by atoms with E-state index in [1.807, 2.05) is 6.08 Å². The summed E-state index contributed by atoms with van der Waals surface area (Å²) in [5.41, 5.74) is 0. The highest BCUT2D eigenvalue weighted by Crippen LogP contribution is 2.19. The van der Waals surface area contributed by atoms with E-state index >= 15 is 0 Å². The lowest BCUT2D eigenvalue weighted by atomic mass is 10.1. The van der Waals surface area contributed by atoms with Crippen LogP contribution in [0.3, 0.4) is 0 Å². The van der Waals surface area contributed by atoms with Gasteiger partial charge in [-0.1, -0.05) is 41.3 Å². The van der Waals surface area contributed by atoms with Crippen molar-refractivity contribution in [3.05, 3.63) is 12.7 Å². The minimum Gasteiger partial charge on any atom is -0.374 e. The predicted octanol–water partition coefficient (Wildman–Crippen LogP) is 4.07. The second-order valence-electron chi connectivity index (χ2n) is 4.02. The van der Waals surface area contributed by atoms with Crippen LogP contribution < -0.4 is 0 Å². The number of hydrogen-bond donors (Lipinski definition) is 0. The van der Waals surface area contributed by atoms with Crippen molar-refractivity contribution in [2.24, 2.45) is 0 Å². The fourth-order valence-corrected chi connectivity index (χ4v) is 2.49. The molecule has 0 aromatic carbocycles. The summed E-state index contributed by atoms with van der Waals surface area (Å²) in [4.78, 5) is 0.700. The summed E-state index contributed by atoms with van der Waals surface area (Å²) in [6, 6.07) is 0. The highest BCUT2D eigenvalue weighted by atomic mass is 79.9. The molecule has 2 atom stereocenters. The first-order chi connectivity index (χ1) is 6.83. The van der Waals surface area contributed by atoms with Gasteiger partial charge in [-0.2, -0.15) is 0 Å². The lowest BCUT2D eigenvalue weighted by Gasteiger charge is -2.12. The van der Waals surface area contributed by atoms with Crippen LogP contribution in [-0.2, 0) is 4.74 Å². The smallest absolute Gasteiger partial charge is 0.0753 e. The SMILES string of the molecule is C=CC1CCCCCC(Br)CCCO1. The second kappa shape index (κ2) is 7.47. The highest BCUT2D eigenvalue weighted by molar-refractivity contribution is 9.09. The molecule has 1 heterocycles. The van der Waals surface area contributed by atoms with Gasteiger partial charge in [0.1, 0.15) is 0 Å². The van der Waals surface area contributed by atoms with Gasteiger partial charge in [0.15, 0.2) is 0 Å². The van der Waals surface area contributed by atoms with Gasteiger partial charge < -0.3 is 4.74 Å². The molecule has 82 valence electrons. The van der Waals surface area contributed by atoms with Crippen LogP contribution in [0.5, 0.6) is 0 Å². The third-order valence-electron chi connectivity index (χ3n) is 2.76. The number of alkyl halides is 1. The van der Waals surface area contributed by atoms with Crippen molar-refractivity contribution in [2.75, 3.05) is 6.61 Å². The molecule has 1 saturated heterocycles. The fraction of sp³-hybridized carbons (Fsp3) is 0.833. The first-order valence-electron chi connectivity index (χ1n) is 5.71. The Morgan fingerprint density at radius 3 is 2.57 bits per heavy atom. The standard InChI is InChI=1S/C12H21BrO/c1-2-12-9-5-3-4-7-11(13)8-6-10-14-12/h2,11-12H,1,3-10H2. The minimum absolute atomic E-state index is 0.293. The van der Waals surface area contributed by atoms with E-state index in [4.69, 9.17) is 4.74 Å². The van der Waals surface area contributed by atoms with Crippen LogP contribution in [0.2, 0.25) is 0 Å². The van der Waals surface area contributed by atoms with Gasteiger partial charge in [0.2, 0.25) is 0 Å². The quantitative estimate of drug-likeness (QED) is 0.510. The Kier molecular flexibility index (Phi) is 6.54. The highest BCUT2D eigenvalue weighted by Gasteiger charge is 2.09. The third kappa shape index (κ3) is 5.16. The lowest BCUT2D eigenvalue weighted by Crippen LogP contribution is -2.10. The minimum atomic E-state index is 0.293. The van der Waals surface area contributed by atoms with E-state index in [0.717, 1.165) is 13.0 Å². The first kappa shape index (κ1) is 12.3. The summed E-state index contributed by atoms with van der Waals surface area (Å²) < 4.78 is 5.73. The molecule has 0 spiro atoms. The van der Waals surface area contributed by atoms with Crippen LogP contribution in [0.25, 0.3) is 0 Å². The Morgan fingerprint density at radius 2 is 1.79 bits per heavy atom. The van der Waals surface area contributed by atoms with E-state index in [0.29, 0.717) is 10.9 Å². The van der Waals surface area contributed by atoms with Crippen LogP contribution in [0.1, 0.15) is 44.9 Å². The molecule has 1 aliphatic heterocycles. The molecule has 0 bridgehead atoms. The van der Waals surface area contributed by atoms with Crippen molar-refractivity contribution in [3.8, 4) is 0 Å². The molecule has 0 aromatic rings. The van der Waals surface area contributed by atoms with Gasteiger partial charge in [-0.05, 0) is 25.7 Å². The first-order valence-corrected chi connectivity index (χ1v) is 6.62. The van der Waals surface area contributed by atoms with Gasteiger partial charge in [0, 0.05) is 11.4 Å². The average Bonchev–Trinajstić information content (AvgIpc) is 2.23. The zero-order valence-electron chi connectivity index (χ0n) is 8.88. The molecule has 1 aliphatic rings. The Bertz CT molecular complexity index is 158. The summed E-state index contributed by atoms with van der Waals surface area (Å²) >= 11 is 3.72. The summed E-state index contributed by atoms with van der Waals surface area (Å²) in [6.07, 6.45) is 11.1. The third-order valence-corrected chi connectivity index (χ3v) is 3.68. The largest absolute Gasteiger partial charge is 0.374 e. The van der Waals surface area contributed by atoms with E-state index in [9.17, 15) is 0 Å². The van der Waals surface area contributed by atoms with Crippen LogP contribution in [0.15, 0.2) is 12.7 Å². The van der Waals surface area contributed by atoms with Gasteiger partial charge in [-0.3, -0.25) is 0 Å². The van der Waals surface area contributed by atoms with Crippen molar-refractivity contribution < 1.29 is 4.74 Å². The summed E-state index contributed by atoms with van der Waals surface area (Å²) in [5, 5.41) is 0. The molecule has 0 N–H and O–H groups in total. The topological polar surface area (TPSA) is 9.23 Å². The van der Waals surface area contributed by atoms with Crippen molar-refractivity contribution in [3.63, 3.8) is 0 Å². The maximum absolute atomic E-state index is 5.73. The van der Waals surface area contributed by atoms with Crippen molar-refractivity contribution in [2.45, 2.75) is 55.9 Å². The molecule has 0 saturated carbocycles. The van der Waals surface area contributed by atoms with Gasteiger partial charge in [-0.25, -0.2) is 0 Å². The molecule has 1 rings (SSSR count). The molecule has 0 radical (unpaired) electrons. The Hall–Kier alpha value is 0.180. The summed E-state index contributed by atoms with van der Waals surface area (Å²) in [6.45, 7) is 4.70. The molecule has 2 unspecified atom stereocenters. The average molecular weight is 261 g/mol. The summed E-state index contributed by atoms with van der Waals surface area (Å²) in [5.74, 6) is 0. The molecule has 0 amide bonds. The van der Waals surface area contributed by atoms with Crippen LogP contribution in [-0.4, -0.2) is 17.5 Å². The Morgan fingerprint density at radius 1 is 1.07 bits per heavy atom. The van der Waals surface area contributed by atoms with Gasteiger partial charge in [-0.15, -0.1) is 6.58 Å². The molecule has 1 nitrogen and oxygen atoms in total. The zero-order chi connectivity index (χ0) is 10.2. The molecular weight excluding hydrogens is 240 g/mol. The molecule has 0 aromatic heterocycles. The molecule has 14 heavy (non-hydrogen) atoms. The van der Waals surface area contributed by atoms with E-state index < -0.39 is 0 Å². The normalized spacial score (nSPS) is 31.8. The lowest BCUT2D eigenvalue weighted by molar-refractivity contribution is 0.0761. The maximum Gasteiger partial charge on any atom is 0.0753 e. The molecule has 1 fully saturated rings. The van der Waals surface area contributed by atoms with Crippen LogP contribution >= 0.6 is 15.9 Å². The van der Waals surface area contributed by atoms with E-state index in [2.05, 4.69) is 22.5 Å². The van der Waals surface area contributed by atoms with Crippen molar-refractivity contribution >= 4 is 15.9 Å². The number of rotatable bonds is 1. The summed E-state index contributed by atoms with van der Waals surface area (Å²) in [7, 11) is 0. The zero-order valence-corrected chi connectivity index (χ0v) is 10.5. The Labute approximate surface area is 96.0 Å². The van der Waals surface area contributed by atoms with E-state index in [1.165, 1.54) is 38.5 Å². The molecule has 0 aliphatic carbocycles. The van der Waals surface area contributed by atoms with E-state index in [1.54, 1.807) is 0 Å². The van der Waals surface area contributed by atoms with Crippen LogP contribution in [0.4, 0.5) is 0 Å². The van der Waals surface area contributed by atoms with Gasteiger partial charge in [0.05, 0.1) is 6.10 Å². The van der Waals surface area contributed by atoms with Gasteiger partial charge in [0.25, 0.3) is 0 Å². The number of ether oxygens (including phenoxy) is 1. The van der Waals surface area contributed by atoms with Crippen LogP contribution in [0, 0.1) is 0 Å². The van der Waals surface area contributed by atoms with E-state index in [-0.39, 0.29) is 0 Å². The fourth-order valence-electron chi connectivity index (χ4n) is 1.84. The number of hydrogen-bond acceptors (Lipinski definition) is 1. The second-order valence-corrected chi connectivity index (χ2v) is 5.32. The van der Waals surface area contributed by atoms with Crippen molar-refractivity contribution in [1.29, 1.82) is 0 Å². The number of halogens is 1. The van der Waals surface area contributed by atoms with Gasteiger partial charge >= 0.3 is 0 Å². The molecular formula is C12H21BrO.